The molecule has 2 aromatic carbocycles. The maximum Gasteiger partial charge on any atom is 0.275 e. The van der Waals surface area contributed by atoms with Crippen LogP contribution in [0.1, 0.15) is 34.0 Å². The zero-order valence-corrected chi connectivity index (χ0v) is 13.3. The molecule has 4 nitrogen and oxygen atoms in total. The summed E-state index contributed by atoms with van der Waals surface area (Å²) in [5.74, 6) is 0.236. The molecule has 0 aliphatic carbocycles. The number of carbonyl (C=O) groups is 1. The Balaban J connectivity index is 2.16. The number of nitrogens with zero attached hydrogens (tertiary/aromatic N) is 1. The van der Waals surface area contributed by atoms with E-state index < -0.39 is 0 Å². The smallest absolute Gasteiger partial charge is 0.275 e. The molecule has 0 fully saturated rings. The van der Waals surface area contributed by atoms with Crippen molar-refractivity contribution in [2.75, 3.05) is 7.11 Å². The van der Waals surface area contributed by atoms with Gasteiger partial charge in [0.25, 0.3) is 5.91 Å². The normalized spacial score (nSPS) is 11.2. The van der Waals surface area contributed by atoms with Gasteiger partial charge in [0.1, 0.15) is 5.75 Å². The van der Waals surface area contributed by atoms with Gasteiger partial charge in [-0.05, 0) is 55.7 Å². The zero-order chi connectivity index (χ0) is 16.1. The number of amides is 1. The van der Waals surface area contributed by atoms with Gasteiger partial charge in [-0.15, -0.1) is 0 Å². The minimum Gasteiger partial charge on any atom is -0.496 e. The van der Waals surface area contributed by atoms with Crippen LogP contribution in [0.5, 0.6) is 5.75 Å². The van der Waals surface area contributed by atoms with Crippen molar-refractivity contribution in [3.8, 4) is 5.75 Å². The first-order valence-corrected chi connectivity index (χ1v) is 7.08. The second-order valence-corrected chi connectivity index (χ2v) is 5.14. The second-order valence-electron chi connectivity index (χ2n) is 5.14. The molecule has 22 heavy (non-hydrogen) atoms. The Kier molecular flexibility index (Phi) is 4.94. The van der Waals surface area contributed by atoms with Crippen LogP contribution in [0.15, 0.2) is 47.6 Å². The van der Waals surface area contributed by atoms with E-state index in [9.17, 15) is 4.79 Å². The number of hydrazone groups is 1. The largest absolute Gasteiger partial charge is 0.496 e. The molecule has 0 saturated carbocycles. The first kappa shape index (κ1) is 15.8. The molecule has 0 atom stereocenters. The fourth-order valence-corrected chi connectivity index (χ4v) is 2.06. The van der Waals surface area contributed by atoms with Crippen molar-refractivity contribution >= 4 is 11.6 Å². The Labute approximate surface area is 130 Å². The number of benzene rings is 2. The van der Waals surface area contributed by atoms with Gasteiger partial charge in [0.2, 0.25) is 0 Å². The van der Waals surface area contributed by atoms with Crippen molar-refractivity contribution in [3.05, 3.63) is 64.7 Å². The van der Waals surface area contributed by atoms with Gasteiger partial charge in [0.05, 0.1) is 18.4 Å². The Bertz CT molecular complexity index is 721. The number of para-hydroxylation sites is 1. The fourth-order valence-electron chi connectivity index (χ4n) is 2.06. The number of hydrogen-bond acceptors (Lipinski definition) is 3. The molecule has 2 rings (SSSR count). The number of ether oxygens (including phenoxy) is 1. The molecule has 0 saturated heterocycles. The number of hydrogen-bond donors (Lipinski definition) is 1. The van der Waals surface area contributed by atoms with Gasteiger partial charge in [-0.1, -0.05) is 24.3 Å². The summed E-state index contributed by atoms with van der Waals surface area (Å²) in [5.41, 5.74) is 7.21. The zero-order valence-electron chi connectivity index (χ0n) is 13.3. The number of nitrogens with one attached hydrogen (secondary N) is 1. The first-order valence-electron chi connectivity index (χ1n) is 7.08. The predicted molar refractivity (Wildman–Crippen MR) is 88.6 cm³/mol. The lowest BCUT2D eigenvalue weighted by atomic mass is 10.0. The van der Waals surface area contributed by atoms with Crippen molar-refractivity contribution in [3.63, 3.8) is 0 Å². The monoisotopic (exact) mass is 296 g/mol. The lowest BCUT2D eigenvalue weighted by molar-refractivity contribution is 0.0952. The van der Waals surface area contributed by atoms with Gasteiger partial charge in [-0.25, -0.2) is 5.43 Å². The highest BCUT2D eigenvalue weighted by atomic mass is 16.5. The summed E-state index contributed by atoms with van der Waals surface area (Å²) in [6, 6.07) is 13.2. The molecule has 0 aromatic heterocycles. The topological polar surface area (TPSA) is 50.7 Å². The van der Waals surface area contributed by atoms with E-state index in [-0.39, 0.29) is 5.91 Å². The summed E-state index contributed by atoms with van der Waals surface area (Å²) in [5, 5.41) is 4.18. The van der Waals surface area contributed by atoms with E-state index in [1.54, 1.807) is 18.2 Å². The van der Waals surface area contributed by atoms with Gasteiger partial charge in [0, 0.05) is 0 Å². The van der Waals surface area contributed by atoms with Crippen molar-refractivity contribution in [1.82, 2.24) is 5.43 Å². The molecule has 1 amide bonds. The third kappa shape index (κ3) is 3.52. The predicted octanol–water partition coefficient (Wildman–Crippen LogP) is 3.47. The molecule has 114 valence electrons. The maximum atomic E-state index is 12.2. The van der Waals surface area contributed by atoms with Crippen LogP contribution in [-0.4, -0.2) is 18.7 Å². The maximum absolute atomic E-state index is 12.2. The summed E-state index contributed by atoms with van der Waals surface area (Å²) >= 11 is 0. The highest BCUT2D eigenvalue weighted by Crippen LogP contribution is 2.17. The van der Waals surface area contributed by atoms with Crippen LogP contribution >= 0.6 is 0 Å². The van der Waals surface area contributed by atoms with E-state index in [0.29, 0.717) is 11.3 Å². The molecule has 0 heterocycles. The number of carbonyl (C=O) groups excluding carboxylic acids is 1. The van der Waals surface area contributed by atoms with Crippen LogP contribution in [0.4, 0.5) is 0 Å². The van der Waals surface area contributed by atoms with Gasteiger partial charge in [0.15, 0.2) is 0 Å². The Morgan fingerprint density at radius 3 is 2.50 bits per heavy atom. The summed E-state index contributed by atoms with van der Waals surface area (Å²) in [6.07, 6.45) is 0. The fraction of sp³-hybridized carbons (Fsp3) is 0.222. The average molecular weight is 296 g/mol. The Morgan fingerprint density at radius 2 is 1.82 bits per heavy atom. The number of methoxy groups -OCH3 is 1. The Hall–Kier alpha value is -2.62. The molecule has 4 heteroatoms. The molecule has 0 spiro atoms. The van der Waals surface area contributed by atoms with Crippen LogP contribution in [0.2, 0.25) is 0 Å². The van der Waals surface area contributed by atoms with Crippen molar-refractivity contribution in [1.29, 1.82) is 0 Å². The van der Waals surface area contributed by atoms with Crippen LogP contribution in [0.25, 0.3) is 0 Å². The molecule has 2 aromatic rings. The third-order valence-corrected chi connectivity index (χ3v) is 3.60. The lowest BCUT2D eigenvalue weighted by Crippen LogP contribution is -2.20. The minimum absolute atomic E-state index is 0.291. The number of rotatable bonds is 4. The van der Waals surface area contributed by atoms with Crippen LogP contribution in [0, 0.1) is 13.8 Å². The van der Waals surface area contributed by atoms with Crippen LogP contribution in [-0.2, 0) is 0 Å². The van der Waals surface area contributed by atoms with Crippen molar-refractivity contribution in [2.45, 2.75) is 20.8 Å². The summed E-state index contributed by atoms with van der Waals surface area (Å²) in [6.45, 7) is 5.99. The summed E-state index contributed by atoms with van der Waals surface area (Å²) < 4.78 is 5.18. The van der Waals surface area contributed by atoms with Gasteiger partial charge < -0.3 is 4.74 Å². The van der Waals surface area contributed by atoms with E-state index in [1.807, 2.05) is 25.1 Å². The number of aryl methyl sites for hydroxylation is 2. The van der Waals surface area contributed by atoms with E-state index in [4.69, 9.17) is 4.74 Å². The highest BCUT2D eigenvalue weighted by Gasteiger charge is 2.10. The van der Waals surface area contributed by atoms with Gasteiger partial charge in [-0.3, -0.25) is 4.79 Å². The molecule has 1 N–H and O–H groups in total. The van der Waals surface area contributed by atoms with Gasteiger partial charge in [-0.2, -0.15) is 5.10 Å². The van der Waals surface area contributed by atoms with Crippen molar-refractivity contribution in [2.24, 2.45) is 5.10 Å². The van der Waals surface area contributed by atoms with Crippen molar-refractivity contribution < 1.29 is 9.53 Å². The summed E-state index contributed by atoms with van der Waals surface area (Å²) in [7, 11) is 1.54. The van der Waals surface area contributed by atoms with E-state index >= 15 is 0 Å². The summed E-state index contributed by atoms with van der Waals surface area (Å²) in [4.78, 5) is 12.2. The van der Waals surface area contributed by atoms with Crippen LogP contribution < -0.4 is 10.2 Å². The quantitative estimate of drug-likeness (QED) is 0.694. The molecule has 0 bridgehead atoms. The molecular weight excluding hydrogens is 276 g/mol. The van der Waals surface area contributed by atoms with E-state index in [1.165, 1.54) is 18.2 Å². The molecule has 0 aliphatic rings. The molecule has 0 aliphatic heterocycles. The Morgan fingerprint density at radius 1 is 1.09 bits per heavy atom. The lowest BCUT2D eigenvalue weighted by Gasteiger charge is -2.08. The van der Waals surface area contributed by atoms with Crippen LogP contribution in [0.3, 0.4) is 0 Å². The highest BCUT2D eigenvalue weighted by molar-refractivity contribution is 6.01. The minimum atomic E-state index is -0.291. The van der Waals surface area contributed by atoms with Gasteiger partial charge >= 0.3 is 0 Å². The molecule has 0 unspecified atom stereocenters. The SMILES string of the molecule is COc1ccccc1C(=O)N/N=C(/C)c1ccc(C)c(C)c1. The molecular formula is C18H20N2O2. The molecule has 0 radical (unpaired) electrons. The first-order chi connectivity index (χ1) is 10.5. The second kappa shape index (κ2) is 6.89. The average Bonchev–Trinajstić information content (AvgIpc) is 2.54. The third-order valence-electron chi connectivity index (χ3n) is 3.60. The van der Waals surface area contributed by atoms with E-state index in [0.717, 1.165) is 11.3 Å². The van der Waals surface area contributed by atoms with E-state index in [2.05, 4.69) is 30.4 Å². The standard InChI is InChI=1S/C18H20N2O2/c1-12-9-10-15(11-13(12)2)14(3)19-20-18(21)16-7-5-6-8-17(16)22-4/h5-11H,1-4H3,(H,20,21)/b19-14-.